The predicted molar refractivity (Wildman–Crippen MR) is 89.9 cm³/mol. The second-order valence-electron chi connectivity index (χ2n) is 5.49. The third-order valence-corrected chi connectivity index (χ3v) is 3.56. The van der Waals surface area contributed by atoms with E-state index in [0.717, 1.165) is 32.1 Å². The van der Waals surface area contributed by atoms with Crippen molar-refractivity contribution in [3.63, 3.8) is 0 Å². The van der Waals surface area contributed by atoms with Gasteiger partial charge < -0.3 is 15.4 Å². The molecule has 1 atom stereocenters. The van der Waals surface area contributed by atoms with Crippen molar-refractivity contribution in [1.29, 1.82) is 0 Å². The summed E-state index contributed by atoms with van der Waals surface area (Å²) in [7, 11) is 3.53. The fourth-order valence-electron chi connectivity index (χ4n) is 2.29. The molecule has 21 heavy (non-hydrogen) atoms. The van der Waals surface area contributed by atoms with Gasteiger partial charge in [-0.15, -0.1) is 0 Å². The molecule has 2 N–H and O–H groups in total. The minimum absolute atomic E-state index is 0.476. The van der Waals surface area contributed by atoms with Gasteiger partial charge in [-0.2, -0.15) is 0 Å². The Bertz CT molecular complexity index is 404. The molecule has 1 unspecified atom stereocenters. The SMILES string of the molecule is CN=C(NCCCOC)NCC(c1ccccc1)C(C)C. The van der Waals surface area contributed by atoms with E-state index in [9.17, 15) is 0 Å². The topological polar surface area (TPSA) is 45.7 Å². The number of hydrogen-bond acceptors (Lipinski definition) is 2. The summed E-state index contributed by atoms with van der Waals surface area (Å²) in [6, 6.07) is 10.7. The number of aliphatic imine (C=N–C) groups is 1. The fourth-order valence-corrected chi connectivity index (χ4v) is 2.29. The van der Waals surface area contributed by atoms with Gasteiger partial charge in [-0.1, -0.05) is 44.2 Å². The van der Waals surface area contributed by atoms with Crippen LogP contribution in [-0.4, -0.2) is 39.8 Å². The smallest absolute Gasteiger partial charge is 0.190 e. The van der Waals surface area contributed by atoms with E-state index in [2.05, 4.69) is 59.8 Å². The van der Waals surface area contributed by atoms with Crippen molar-refractivity contribution >= 4 is 5.96 Å². The summed E-state index contributed by atoms with van der Waals surface area (Å²) in [6.07, 6.45) is 0.976. The van der Waals surface area contributed by atoms with Crippen LogP contribution < -0.4 is 10.6 Å². The maximum atomic E-state index is 5.04. The van der Waals surface area contributed by atoms with Crippen LogP contribution >= 0.6 is 0 Å². The van der Waals surface area contributed by atoms with Crippen LogP contribution in [0.15, 0.2) is 35.3 Å². The molecule has 0 bridgehead atoms. The maximum Gasteiger partial charge on any atom is 0.190 e. The molecule has 0 heterocycles. The van der Waals surface area contributed by atoms with Crippen molar-refractivity contribution in [1.82, 2.24) is 10.6 Å². The largest absolute Gasteiger partial charge is 0.385 e. The van der Waals surface area contributed by atoms with Crippen LogP contribution in [0.4, 0.5) is 0 Å². The molecule has 4 heteroatoms. The first-order chi connectivity index (χ1) is 10.2. The Labute approximate surface area is 129 Å². The lowest BCUT2D eigenvalue weighted by atomic mass is 9.88. The minimum atomic E-state index is 0.476. The molecule has 0 aliphatic rings. The van der Waals surface area contributed by atoms with E-state index in [0.29, 0.717) is 11.8 Å². The number of benzene rings is 1. The Morgan fingerprint density at radius 3 is 2.48 bits per heavy atom. The molecule has 0 fully saturated rings. The highest BCUT2D eigenvalue weighted by atomic mass is 16.5. The standard InChI is InChI=1S/C17H29N3O/c1-14(2)16(15-9-6-5-7-10-15)13-20-17(18-3)19-11-8-12-21-4/h5-7,9-10,14,16H,8,11-13H2,1-4H3,(H2,18,19,20). The number of nitrogens with zero attached hydrogens (tertiary/aromatic N) is 1. The highest BCUT2D eigenvalue weighted by Crippen LogP contribution is 2.23. The predicted octanol–water partition coefficient (Wildman–Crippen LogP) is 2.63. The highest BCUT2D eigenvalue weighted by molar-refractivity contribution is 5.79. The van der Waals surface area contributed by atoms with E-state index < -0.39 is 0 Å². The number of methoxy groups -OCH3 is 1. The van der Waals surface area contributed by atoms with Crippen LogP contribution in [0.5, 0.6) is 0 Å². The second kappa shape index (κ2) is 10.2. The third kappa shape index (κ3) is 6.63. The normalized spacial score (nSPS) is 13.3. The van der Waals surface area contributed by atoms with Crippen molar-refractivity contribution in [2.45, 2.75) is 26.2 Å². The van der Waals surface area contributed by atoms with Gasteiger partial charge in [0.25, 0.3) is 0 Å². The molecule has 0 radical (unpaired) electrons. The first kappa shape index (κ1) is 17.5. The van der Waals surface area contributed by atoms with Crippen molar-refractivity contribution in [3.8, 4) is 0 Å². The number of ether oxygens (including phenoxy) is 1. The van der Waals surface area contributed by atoms with E-state index >= 15 is 0 Å². The summed E-state index contributed by atoms with van der Waals surface area (Å²) in [5.41, 5.74) is 1.37. The zero-order valence-corrected chi connectivity index (χ0v) is 13.7. The van der Waals surface area contributed by atoms with Crippen LogP contribution in [0.3, 0.4) is 0 Å². The average Bonchev–Trinajstić information content (AvgIpc) is 2.50. The summed E-state index contributed by atoms with van der Waals surface area (Å²) in [4.78, 5) is 4.26. The highest BCUT2D eigenvalue weighted by Gasteiger charge is 2.15. The lowest BCUT2D eigenvalue weighted by molar-refractivity contribution is 0.195. The molecule has 1 rings (SSSR count). The van der Waals surface area contributed by atoms with Crippen LogP contribution in [0.25, 0.3) is 0 Å². The molecule has 0 saturated carbocycles. The van der Waals surface area contributed by atoms with Crippen molar-refractivity contribution < 1.29 is 4.74 Å². The summed E-state index contributed by atoms with van der Waals surface area (Å²) < 4.78 is 5.04. The molecule has 0 saturated heterocycles. The summed E-state index contributed by atoms with van der Waals surface area (Å²) in [6.45, 7) is 7.03. The fraction of sp³-hybridized carbons (Fsp3) is 0.588. The maximum absolute atomic E-state index is 5.04. The lowest BCUT2D eigenvalue weighted by Gasteiger charge is -2.23. The van der Waals surface area contributed by atoms with Crippen molar-refractivity contribution in [3.05, 3.63) is 35.9 Å². The van der Waals surface area contributed by atoms with Crippen molar-refractivity contribution in [2.75, 3.05) is 33.9 Å². The summed E-state index contributed by atoms with van der Waals surface area (Å²) in [5.74, 6) is 1.91. The number of hydrogen-bond donors (Lipinski definition) is 2. The zero-order valence-electron chi connectivity index (χ0n) is 13.7. The van der Waals surface area contributed by atoms with Crippen LogP contribution in [0, 0.1) is 5.92 Å². The molecule has 0 amide bonds. The first-order valence-corrected chi connectivity index (χ1v) is 7.67. The van der Waals surface area contributed by atoms with Crippen LogP contribution in [-0.2, 0) is 4.74 Å². The van der Waals surface area contributed by atoms with Gasteiger partial charge in [0.15, 0.2) is 5.96 Å². The van der Waals surface area contributed by atoms with Gasteiger partial charge in [-0.3, -0.25) is 4.99 Å². The van der Waals surface area contributed by atoms with Gasteiger partial charge in [0.1, 0.15) is 0 Å². The lowest BCUT2D eigenvalue weighted by Crippen LogP contribution is -2.40. The van der Waals surface area contributed by atoms with Crippen LogP contribution in [0.1, 0.15) is 31.7 Å². The first-order valence-electron chi connectivity index (χ1n) is 7.67. The average molecular weight is 291 g/mol. The monoisotopic (exact) mass is 291 g/mol. The molecule has 0 spiro atoms. The molecule has 0 aliphatic carbocycles. The Morgan fingerprint density at radius 1 is 1.19 bits per heavy atom. The second-order valence-corrected chi connectivity index (χ2v) is 5.49. The van der Waals surface area contributed by atoms with E-state index in [1.165, 1.54) is 5.56 Å². The van der Waals surface area contributed by atoms with Gasteiger partial charge in [0.2, 0.25) is 0 Å². The van der Waals surface area contributed by atoms with Gasteiger partial charge in [-0.25, -0.2) is 0 Å². The van der Waals surface area contributed by atoms with Crippen molar-refractivity contribution in [2.24, 2.45) is 10.9 Å². The van der Waals surface area contributed by atoms with Gasteiger partial charge in [0.05, 0.1) is 0 Å². The van der Waals surface area contributed by atoms with E-state index in [1.54, 1.807) is 14.2 Å². The minimum Gasteiger partial charge on any atom is -0.385 e. The summed E-state index contributed by atoms with van der Waals surface area (Å²) >= 11 is 0. The van der Waals surface area contributed by atoms with E-state index in [4.69, 9.17) is 4.74 Å². The number of nitrogens with one attached hydrogen (secondary N) is 2. The van der Waals surface area contributed by atoms with E-state index in [1.807, 2.05) is 0 Å². The molecule has 1 aromatic carbocycles. The number of guanidine groups is 1. The Morgan fingerprint density at radius 2 is 1.90 bits per heavy atom. The van der Waals surface area contributed by atoms with Gasteiger partial charge >= 0.3 is 0 Å². The van der Waals surface area contributed by atoms with Gasteiger partial charge in [-0.05, 0) is 17.9 Å². The third-order valence-electron chi connectivity index (χ3n) is 3.56. The zero-order chi connectivity index (χ0) is 15.5. The molecular formula is C17H29N3O. The Hall–Kier alpha value is -1.55. The molecule has 1 aromatic rings. The molecule has 4 nitrogen and oxygen atoms in total. The number of rotatable bonds is 8. The molecule has 118 valence electrons. The Kier molecular flexibility index (Phi) is 8.51. The molecule has 0 aromatic heterocycles. The molecule has 0 aliphatic heterocycles. The van der Waals surface area contributed by atoms with Crippen LogP contribution in [0.2, 0.25) is 0 Å². The summed E-state index contributed by atoms with van der Waals surface area (Å²) in [5, 5.41) is 6.73. The quantitative estimate of drug-likeness (QED) is 0.440. The molecular weight excluding hydrogens is 262 g/mol. The Balaban J connectivity index is 2.49. The van der Waals surface area contributed by atoms with E-state index in [-0.39, 0.29) is 0 Å². The van der Waals surface area contributed by atoms with Gasteiger partial charge in [0, 0.05) is 39.8 Å².